The molecule has 0 amide bonds. The lowest BCUT2D eigenvalue weighted by atomic mass is 9.71. The fourth-order valence-corrected chi connectivity index (χ4v) is 6.46. The van der Waals surface area contributed by atoms with Gasteiger partial charge in [0.2, 0.25) is 0 Å². The summed E-state index contributed by atoms with van der Waals surface area (Å²) in [7, 11) is 0. The Morgan fingerprint density at radius 1 is 0.524 bits per heavy atom. The second kappa shape index (κ2) is 14.2. The van der Waals surface area contributed by atoms with Crippen molar-refractivity contribution >= 4 is 0 Å². The maximum absolute atomic E-state index is 12.0. The van der Waals surface area contributed by atoms with Crippen molar-refractivity contribution in [2.24, 2.45) is 0 Å². The SMILES string of the molecule is CCCCCC(C)(C)c1cc(C(CCC)c2cc(C(C)(C)CCCCC)cc(C(C)(C)C)c2O)c(O)c(C(C)(C)C)c1. The van der Waals surface area contributed by atoms with E-state index in [4.69, 9.17) is 0 Å². The van der Waals surface area contributed by atoms with E-state index in [9.17, 15) is 10.2 Å². The van der Waals surface area contributed by atoms with Crippen LogP contribution in [0.4, 0.5) is 0 Å². The number of phenolic OH excluding ortho intramolecular Hbond substituents is 2. The molecular formula is C40H66O2. The number of benzene rings is 2. The highest BCUT2D eigenvalue weighted by molar-refractivity contribution is 5.57. The molecule has 42 heavy (non-hydrogen) atoms. The molecule has 238 valence electrons. The third kappa shape index (κ3) is 8.79. The molecule has 2 N–H and O–H groups in total. The Morgan fingerprint density at radius 2 is 0.881 bits per heavy atom. The predicted molar refractivity (Wildman–Crippen MR) is 185 cm³/mol. The van der Waals surface area contributed by atoms with Gasteiger partial charge < -0.3 is 10.2 Å². The predicted octanol–water partition coefficient (Wildman–Crippen LogP) is 12.3. The summed E-state index contributed by atoms with van der Waals surface area (Å²) in [4.78, 5) is 0. The standard InChI is InChI=1S/C40H66O2/c1-14-17-19-22-39(10,11)28-24-31(35(41)33(26-28)37(4,5)6)30(21-16-3)32-25-29(40(12,13)23-20-18-15-2)27-34(36(32)42)38(7,8)9/h24-27,30,41-42H,14-23H2,1-13H3. The molecule has 2 nitrogen and oxygen atoms in total. The minimum atomic E-state index is -0.202. The van der Waals surface area contributed by atoms with Gasteiger partial charge in [0.15, 0.2) is 0 Å². The highest BCUT2D eigenvalue weighted by atomic mass is 16.3. The van der Waals surface area contributed by atoms with Crippen LogP contribution in [0.25, 0.3) is 0 Å². The zero-order valence-electron chi connectivity index (χ0n) is 29.9. The van der Waals surface area contributed by atoms with Gasteiger partial charge in [-0.05, 0) is 63.2 Å². The zero-order valence-corrected chi connectivity index (χ0v) is 29.9. The van der Waals surface area contributed by atoms with Crippen molar-refractivity contribution in [3.05, 3.63) is 57.6 Å². The molecule has 0 aliphatic rings. The molecule has 2 heteroatoms. The highest BCUT2D eigenvalue weighted by Gasteiger charge is 2.33. The van der Waals surface area contributed by atoms with E-state index in [1.165, 1.54) is 49.7 Å². The minimum absolute atomic E-state index is 0.00385. The van der Waals surface area contributed by atoms with Crippen molar-refractivity contribution in [2.75, 3.05) is 0 Å². The average Bonchev–Trinajstić information content (AvgIpc) is 2.86. The van der Waals surface area contributed by atoms with Gasteiger partial charge >= 0.3 is 0 Å². The summed E-state index contributed by atoms with van der Waals surface area (Å²) in [5.74, 6) is 0.715. The van der Waals surface area contributed by atoms with Gasteiger partial charge in [0, 0.05) is 17.0 Å². The number of rotatable bonds is 14. The van der Waals surface area contributed by atoms with Gasteiger partial charge in [-0.3, -0.25) is 0 Å². The second-order valence-electron chi connectivity index (χ2n) is 16.4. The Kier molecular flexibility index (Phi) is 12.3. The minimum Gasteiger partial charge on any atom is -0.507 e. The molecule has 0 bridgehead atoms. The Hall–Kier alpha value is -1.96. The first-order valence-corrected chi connectivity index (χ1v) is 17.1. The summed E-state index contributed by atoms with van der Waals surface area (Å²) in [6.07, 6.45) is 11.4. The molecule has 0 atom stereocenters. The molecule has 0 aromatic heterocycles. The lowest BCUT2D eigenvalue weighted by Crippen LogP contribution is -2.22. The Bertz CT molecular complexity index is 1060. The maximum Gasteiger partial charge on any atom is 0.123 e. The first-order valence-electron chi connectivity index (χ1n) is 17.1. The van der Waals surface area contributed by atoms with Crippen LogP contribution in [0.15, 0.2) is 24.3 Å². The van der Waals surface area contributed by atoms with E-state index in [-0.39, 0.29) is 27.6 Å². The molecular weight excluding hydrogens is 512 g/mol. The van der Waals surface area contributed by atoms with Crippen LogP contribution in [0.3, 0.4) is 0 Å². The third-order valence-corrected chi connectivity index (χ3v) is 9.60. The van der Waals surface area contributed by atoms with Crippen LogP contribution in [0.2, 0.25) is 0 Å². The fourth-order valence-electron chi connectivity index (χ4n) is 6.46. The molecule has 0 radical (unpaired) electrons. The fraction of sp³-hybridized carbons (Fsp3) is 0.700. The van der Waals surface area contributed by atoms with Gasteiger partial charge in [-0.1, -0.05) is 159 Å². The maximum atomic E-state index is 12.0. The first kappa shape index (κ1) is 36.2. The quantitative estimate of drug-likeness (QED) is 0.219. The number of hydrogen-bond acceptors (Lipinski definition) is 2. The van der Waals surface area contributed by atoms with Crippen LogP contribution in [-0.4, -0.2) is 10.2 Å². The lowest BCUT2D eigenvalue weighted by Gasteiger charge is -2.34. The van der Waals surface area contributed by atoms with E-state index >= 15 is 0 Å². The largest absolute Gasteiger partial charge is 0.507 e. The molecule has 0 heterocycles. The van der Waals surface area contributed by atoms with Crippen molar-refractivity contribution in [3.8, 4) is 11.5 Å². The number of hydrogen-bond donors (Lipinski definition) is 2. The van der Waals surface area contributed by atoms with Gasteiger partial charge in [-0.15, -0.1) is 0 Å². The smallest absolute Gasteiger partial charge is 0.123 e. The van der Waals surface area contributed by atoms with Crippen molar-refractivity contribution < 1.29 is 10.2 Å². The molecule has 0 saturated carbocycles. The van der Waals surface area contributed by atoms with Gasteiger partial charge in [0.1, 0.15) is 11.5 Å². The highest BCUT2D eigenvalue weighted by Crippen LogP contribution is 2.49. The van der Waals surface area contributed by atoms with Crippen LogP contribution in [0.5, 0.6) is 11.5 Å². The van der Waals surface area contributed by atoms with Gasteiger partial charge in [0.25, 0.3) is 0 Å². The van der Waals surface area contributed by atoms with E-state index in [1.807, 2.05) is 0 Å². The number of phenols is 2. The first-order chi connectivity index (χ1) is 19.3. The Morgan fingerprint density at radius 3 is 1.17 bits per heavy atom. The summed E-state index contributed by atoms with van der Waals surface area (Å²) in [5, 5.41) is 24.0. The van der Waals surface area contributed by atoms with Gasteiger partial charge in [0.05, 0.1) is 0 Å². The monoisotopic (exact) mass is 579 g/mol. The van der Waals surface area contributed by atoms with E-state index in [0.29, 0.717) is 11.5 Å². The summed E-state index contributed by atoms with van der Waals surface area (Å²) < 4.78 is 0. The van der Waals surface area contributed by atoms with Crippen LogP contribution < -0.4 is 0 Å². The summed E-state index contributed by atoms with van der Waals surface area (Å²) in [6, 6.07) is 9.10. The molecule has 0 unspecified atom stereocenters. The molecule has 0 fully saturated rings. The second-order valence-corrected chi connectivity index (χ2v) is 16.4. The molecule has 0 saturated heterocycles. The Labute approximate surface area is 260 Å². The van der Waals surface area contributed by atoms with Crippen molar-refractivity contribution in [2.45, 2.75) is 182 Å². The van der Waals surface area contributed by atoms with Crippen LogP contribution >= 0.6 is 0 Å². The third-order valence-electron chi connectivity index (χ3n) is 9.60. The normalized spacial score (nSPS) is 13.3. The van der Waals surface area contributed by atoms with Crippen molar-refractivity contribution in [1.29, 1.82) is 0 Å². The molecule has 2 aromatic carbocycles. The van der Waals surface area contributed by atoms with E-state index in [0.717, 1.165) is 47.9 Å². The summed E-state index contributed by atoms with van der Waals surface area (Å²) in [5.41, 5.74) is 6.13. The van der Waals surface area contributed by atoms with E-state index < -0.39 is 0 Å². The summed E-state index contributed by atoms with van der Waals surface area (Å²) in [6.45, 7) is 29.3. The molecule has 0 spiro atoms. The molecule has 0 aliphatic carbocycles. The molecule has 2 rings (SSSR count). The number of aromatic hydroxyl groups is 2. The van der Waals surface area contributed by atoms with Crippen LogP contribution in [0.1, 0.15) is 194 Å². The van der Waals surface area contributed by atoms with E-state index in [2.05, 4.69) is 114 Å². The Balaban J connectivity index is 2.92. The lowest BCUT2D eigenvalue weighted by molar-refractivity contribution is 0.415. The van der Waals surface area contributed by atoms with Crippen LogP contribution in [-0.2, 0) is 21.7 Å². The zero-order chi connectivity index (χ0) is 32.1. The molecule has 0 aliphatic heterocycles. The van der Waals surface area contributed by atoms with Gasteiger partial charge in [-0.25, -0.2) is 0 Å². The number of unbranched alkanes of at least 4 members (excludes halogenated alkanes) is 4. The van der Waals surface area contributed by atoms with Crippen molar-refractivity contribution in [3.63, 3.8) is 0 Å². The molecule has 2 aromatic rings. The summed E-state index contributed by atoms with van der Waals surface area (Å²) >= 11 is 0. The topological polar surface area (TPSA) is 40.5 Å². The van der Waals surface area contributed by atoms with Crippen molar-refractivity contribution in [1.82, 2.24) is 0 Å². The van der Waals surface area contributed by atoms with E-state index in [1.54, 1.807) is 0 Å². The average molecular weight is 579 g/mol. The van der Waals surface area contributed by atoms with Crippen LogP contribution in [0, 0.1) is 0 Å². The van der Waals surface area contributed by atoms with Gasteiger partial charge in [-0.2, -0.15) is 0 Å².